The van der Waals surface area contributed by atoms with Crippen LogP contribution in [-0.4, -0.2) is 98.0 Å². The van der Waals surface area contributed by atoms with Crippen LogP contribution in [0, 0.1) is 0 Å². The van der Waals surface area contributed by atoms with Crippen LogP contribution in [0.5, 0.6) is 0 Å². The van der Waals surface area contributed by atoms with E-state index in [0.29, 0.717) is 13.0 Å². The standard InChI is InChI=1S/C23H34N4O4/c1-31-23(30)20(16-19-8-4-2-5-9-19)24-21(28)17-25-12-14-26(15-13-25)18-22(29)27-10-6-3-7-11-27/h2,4-5,8-9,20H,3,6-7,10-18H2,1H3,(H,24,28)/t20-/m1/s1. The summed E-state index contributed by atoms with van der Waals surface area (Å²) in [6, 6.07) is 8.86. The minimum absolute atomic E-state index is 0.191. The van der Waals surface area contributed by atoms with Gasteiger partial charge in [0.25, 0.3) is 0 Å². The maximum absolute atomic E-state index is 12.6. The van der Waals surface area contributed by atoms with Crippen LogP contribution in [0.15, 0.2) is 30.3 Å². The third-order valence-electron chi connectivity index (χ3n) is 6.00. The number of rotatable bonds is 8. The topological polar surface area (TPSA) is 82.2 Å². The highest BCUT2D eigenvalue weighted by Gasteiger charge is 2.26. The number of amides is 2. The molecular formula is C23H34N4O4. The fourth-order valence-corrected chi connectivity index (χ4v) is 4.17. The number of methoxy groups -OCH3 is 1. The van der Waals surface area contributed by atoms with Crippen molar-refractivity contribution in [3.63, 3.8) is 0 Å². The quantitative estimate of drug-likeness (QED) is 0.606. The molecule has 31 heavy (non-hydrogen) atoms. The van der Waals surface area contributed by atoms with Gasteiger partial charge in [0.05, 0.1) is 20.2 Å². The fourth-order valence-electron chi connectivity index (χ4n) is 4.17. The molecule has 0 bridgehead atoms. The van der Waals surface area contributed by atoms with E-state index in [1.165, 1.54) is 13.5 Å². The number of carbonyl (C=O) groups excluding carboxylic acids is 3. The van der Waals surface area contributed by atoms with Gasteiger partial charge in [-0.05, 0) is 24.8 Å². The second-order valence-electron chi connectivity index (χ2n) is 8.33. The van der Waals surface area contributed by atoms with Crippen LogP contribution in [0.25, 0.3) is 0 Å². The monoisotopic (exact) mass is 430 g/mol. The number of carbonyl (C=O) groups is 3. The minimum atomic E-state index is -0.705. The molecule has 0 saturated carbocycles. The van der Waals surface area contributed by atoms with Crippen molar-refractivity contribution in [3.05, 3.63) is 35.9 Å². The number of ether oxygens (including phenoxy) is 1. The molecule has 0 aliphatic carbocycles. The van der Waals surface area contributed by atoms with Crippen molar-refractivity contribution in [1.82, 2.24) is 20.0 Å². The Bertz CT molecular complexity index is 728. The Kier molecular flexibility index (Phi) is 8.85. The van der Waals surface area contributed by atoms with Gasteiger partial charge < -0.3 is 15.0 Å². The molecule has 0 spiro atoms. The summed E-state index contributed by atoms with van der Waals surface area (Å²) in [5.41, 5.74) is 0.963. The number of hydrogen-bond donors (Lipinski definition) is 1. The van der Waals surface area contributed by atoms with Crippen molar-refractivity contribution >= 4 is 17.8 Å². The first kappa shape index (κ1) is 23.2. The van der Waals surface area contributed by atoms with Crippen molar-refractivity contribution < 1.29 is 19.1 Å². The van der Waals surface area contributed by atoms with E-state index >= 15 is 0 Å². The molecule has 2 amide bonds. The number of piperazine rings is 1. The van der Waals surface area contributed by atoms with Crippen LogP contribution in [0.1, 0.15) is 24.8 Å². The molecule has 1 N–H and O–H groups in total. The number of nitrogens with zero attached hydrogens (tertiary/aromatic N) is 3. The fraction of sp³-hybridized carbons (Fsp3) is 0.609. The molecule has 0 aromatic heterocycles. The molecule has 0 radical (unpaired) electrons. The summed E-state index contributed by atoms with van der Waals surface area (Å²) in [5.74, 6) is -0.421. The number of hydrogen-bond acceptors (Lipinski definition) is 6. The van der Waals surface area contributed by atoms with Crippen LogP contribution in [0.2, 0.25) is 0 Å². The van der Waals surface area contributed by atoms with E-state index in [9.17, 15) is 14.4 Å². The SMILES string of the molecule is COC(=O)[C@@H](Cc1ccccc1)NC(=O)CN1CCN(CC(=O)N2CCCCC2)CC1. The normalized spacial score (nSPS) is 18.9. The lowest BCUT2D eigenvalue weighted by atomic mass is 10.1. The number of esters is 1. The largest absolute Gasteiger partial charge is 0.467 e. The van der Waals surface area contributed by atoms with Crippen LogP contribution >= 0.6 is 0 Å². The molecule has 0 unspecified atom stereocenters. The molecule has 2 saturated heterocycles. The van der Waals surface area contributed by atoms with Crippen LogP contribution < -0.4 is 5.32 Å². The Balaban J connectivity index is 1.41. The van der Waals surface area contributed by atoms with Gasteiger partial charge in [0.2, 0.25) is 11.8 Å². The van der Waals surface area contributed by atoms with Gasteiger partial charge in [0, 0.05) is 45.7 Å². The van der Waals surface area contributed by atoms with Crippen molar-refractivity contribution in [2.75, 3.05) is 59.5 Å². The van der Waals surface area contributed by atoms with E-state index < -0.39 is 12.0 Å². The van der Waals surface area contributed by atoms with E-state index in [4.69, 9.17) is 4.74 Å². The second kappa shape index (κ2) is 11.8. The van der Waals surface area contributed by atoms with Crippen LogP contribution in [-0.2, 0) is 25.5 Å². The molecule has 2 fully saturated rings. The van der Waals surface area contributed by atoms with Gasteiger partial charge in [-0.15, -0.1) is 0 Å². The first-order valence-corrected chi connectivity index (χ1v) is 11.2. The number of benzene rings is 1. The van der Waals surface area contributed by atoms with E-state index in [0.717, 1.165) is 57.7 Å². The number of nitrogens with one attached hydrogen (secondary N) is 1. The van der Waals surface area contributed by atoms with Crippen molar-refractivity contribution in [3.8, 4) is 0 Å². The predicted molar refractivity (Wildman–Crippen MR) is 117 cm³/mol. The second-order valence-corrected chi connectivity index (χ2v) is 8.33. The van der Waals surface area contributed by atoms with E-state index in [1.807, 2.05) is 35.2 Å². The van der Waals surface area contributed by atoms with Gasteiger partial charge in [-0.1, -0.05) is 30.3 Å². The van der Waals surface area contributed by atoms with Crippen LogP contribution in [0.4, 0.5) is 0 Å². The highest BCUT2D eigenvalue weighted by molar-refractivity contribution is 5.85. The highest BCUT2D eigenvalue weighted by atomic mass is 16.5. The third-order valence-corrected chi connectivity index (χ3v) is 6.00. The molecule has 2 heterocycles. The van der Waals surface area contributed by atoms with Crippen molar-refractivity contribution in [2.45, 2.75) is 31.7 Å². The Morgan fingerprint density at radius 1 is 0.903 bits per heavy atom. The third kappa shape index (κ3) is 7.33. The lowest BCUT2D eigenvalue weighted by molar-refractivity contribution is -0.145. The van der Waals surface area contributed by atoms with Gasteiger partial charge in [0.15, 0.2) is 0 Å². The minimum Gasteiger partial charge on any atom is -0.467 e. The first-order valence-electron chi connectivity index (χ1n) is 11.2. The number of likely N-dealkylation sites (tertiary alicyclic amines) is 1. The number of piperidine rings is 1. The van der Waals surface area contributed by atoms with E-state index in [2.05, 4.69) is 15.1 Å². The summed E-state index contributed by atoms with van der Waals surface area (Å²) in [6.07, 6.45) is 3.81. The van der Waals surface area contributed by atoms with Gasteiger partial charge >= 0.3 is 5.97 Å². The summed E-state index contributed by atoms with van der Waals surface area (Å²) >= 11 is 0. The molecule has 3 rings (SSSR count). The molecule has 8 heteroatoms. The zero-order chi connectivity index (χ0) is 22.1. The maximum atomic E-state index is 12.6. The van der Waals surface area contributed by atoms with Gasteiger partial charge in [-0.25, -0.2) is 4.79 Å². The van der Waals surface area contributed by atoms with Crippen molar-refractivity contribution in [1.29, 1.82) is 0 Å². The zero-order valence-corrected chi connectivity index (χ0v) is 18.4. The summed E-state index contributed by atoms with van der Waals surface area (Å²) < 4.78 is 4.87. The average Bonchev–Trinajstić information content (AvgIpc) is 2.80. The predicted octanol–water partition coefficient (Wildman–Crippen LogP) is 0.517. The first-order chi connectivity index (χ1) is 15.0. The van der Waals surface area contributed by atoms with E-state index in [1.54, 1.807) is 0 Å². The molecule has 1 aromatic carbocycles. The Labute approximate surface area is 184 Å². The summed E-state index contributed by atoms with van der Waals surface area (Å²) in [4.78, 5) is 43.3. The smallest absolute Gasteiger partial charge is 0.328 e. The van der Waals surface area contributed by atoms with Gasteiger partial charge in [-0.2, -0.15) is 0 Å². The van der Waals surface area contributed by atoms with Crippen molar-refractivity contribution in [2.24, 2.45) is 0 Å². The highest BCUT2D eigenvalue weighted by Crippen LogP contribution is 2.10. The van der Waals surface area contributed by atoms with E-state index in [-0.39, 0.29) is 18.4 Å². The molecule has 8 nitrogen and oxygen atoms in total. The maximum Gasteiger partial charge on any atom is 0.328 e. The molecule has 2 aliphatic heterocycles. The molecular weight excluding hydrogens is 396 g/mol. The Morgan fingerprint density at radius 3 is 2.13 bits per heavy atom. The van der Waals surface area contributed by atoms with Crippen LogP contribution in [0.3, 0.4) is 0 Å². The lowest BCUT2D eigenvalue weighted by Gasteiger charge is -2.35. The summed E-state index contributed by atoms with van der Waals surface area (Å²) in [7, 11) is 1.33. The Morgan fingerprint density at radius 2 is 1.52 bits per heavy atom. The zero-order valence-electron chi connectivity index (χ0n) is 18.4. The Hall–Kier alpha value is -2.45. The molecule has 1 aromatic rings. The average molecular weight is 431 g/mol. The molecule has 1 atom stereocenters. The lowest BCUT2D eigenvalue weighted by Crippen LogP contribution is -2.53. The van der Waals surface area contributed by atoms with Gasteiger partial charge in [0.1, 0.15) is 6.04 Å². The van der Waals surface area contributed by atoms with Gasteiger partial charge in [-0.3, -0.25) is 19.4 Å². The molecule has 170 valence electrons. The summed E-state index contributed by atoms with van der Waals surface area (Å²) in [5, 5.41) is 2.82. The summed E-state index contributed by atoms with van der Waals surface area (Å²) in [6.45, 7) is 5.42. The molecule has 2 aliphatic rings.